The summed E-state index contributed by atoms with van der Waals surface area (Å²) < 4.78 is 0. The van der Waals surface area contributed by atoms with Crippen LogP contribution < -0.4 is 5.32 Å². The first-order valence-electron chi connectivity index (χ1n) is 7.08. The van der Waals surface area contributed by atoms with Crippen molar-refractivity contribution in [3.8, 4) is 0 Å². The molecule has 1 aromatic rings. The number of hydrogen-bond donors (Lipinski definition) is 2. The lowest BCUT2D eigenvalue weighted by molar-refractivity contribution is 0.229. The van der Waals surface area contributed by atoms with Crippen LogP contribution in [0.4, 0.5) is 0 Å². The first-order valence-corrected chi connectivity index (χ1v) is 7.08. The summed E-state index contributed by atoms with van der Waals surface area (Å²) in [5.41, 5.74) is 1.31. The maximum atomic E-state index is 3.39. The molecule has 4 heteroatoms. The van der Waals surface area contributed by atoms with Crippen LogP contribution in [0.1, 0.15) is 18.5 Å². The van der Waals surface area contributed by atoms with Crippen molar-refractivity contribution in [1.29, 1.82) is 0 Å². The second-order valence-corrected chi connectivity index (χ2v) is 5.23. The van der Waals surface area contributed by atoms with Gasteiger partial charge in [0.1, 0.15) is 0 Å². The van der Waals surface area contributed by atoms with E-state index >= 15 is 0 Å². The van der Waals surface area contributed by atoms with Crippen LogP contribution in [0.2, 0.25) is 0 Å². The predicted octanol–water partition coefficient (Wildman–Crippen LogP) is 1.13. The summed E-state index contributed by atoms with van der Waals surface area (Å²) >= 11 is 0. The Hall–Kier alpha value is -0.840. The maximum Gasteiger partial charge on any atom is 0.0382 e. The second-order valence-electron chi connectivity index (χ2n) is 5.23. The topological polar surface area (TPSA) is 34.3 Å². The van der Waals surface area contributed by atoms with E-state index < -0.39 is 0 Å². The van der Waals surface area contributed by atoms with E-state index in [0.717, 1.165) is 19.6 Å². The van der Waals surface area contributed by atoms with Crippen LogP contribution in [0.3, 0.4) is 0 Å². The van der Waals surface area contributed by atoms with E-state index in [-0.39, 0.29) is 0 Å². The summed E-state index contributed by atoms with van der Waals surface area (Å²) in [6.07, 6.45) is 4.60. The molecule has 2 N–H and O–H groups in total. The van der Waals surface area contributed by atoms with E-state index in [4.69, 9.17) is 0 Å². The highest BCUT2D eigenvalue weighted by Gasteiger charge is 2.08. The number of aromatic amines is 1. The molecular formula is C14H26N4. The molecule has 1 aliphatic heterocycles. The minimum absolute atomic E-state index is 1.03. The van der Waals surface area contributed by atoms with Crippen molar-refractivity contribution in [2.24, 2.45) is 0 Å². The SMILES string of the molecule is CN(CCCCN1CCNCC1)Cc1ccc[nH]1. The first-order chi connectivity index (χ1) is 8.84. The van der Waals surface area contributed by atoms with Gasteiger partial charge in [-0.3, -0.25) is 0 Å². The Labute approximate surface area is 110 Å². The van der Waals surface area contributed by atoms with Gasteiger partial charge in [0.25, 0.3) is 0 Å². The number of hydrogen-bond acceptors (Lipinski definition) is 3. The van der Waals surface area contributed by atoms with Gasteiger partial charge in [0.2, 0.25) is 0 Å². The molecule has 0 saturated carbocycles. The predicted molar refractivity (Wildman–Crippen MR) is 75.7 cm³/mol. The van der Waals surface area contributed by atoms with Crippen LogP contribution in [0.5, 0.6) is 0 Å². The maximum absolute atomic E-state index is 3.39. The van der Waals surface area contributed by atoms with Crippen LogP contribution in [0, 0.1) is 0 Å². The van der Waals surface area contributed by atoms with Crippen molar-refractivity contribution in [1.82, 2.24) is 20.1 Å². The van der Waals surface area contributed by atoms with Crippen molar-refractivity contribution in [2.45, 2.75) is 19.4 Å². The number of aromatic nitrogens is 1. The first kappa shape index (κ1) is 13.6. The van der Waals surface area contributed by atoms with Crippen LogP contribution >= 0.6 is 0 Å². The van der Waals surface area contributed by atoms with Gasteiger partial charge in [-0.2, -0.15) is 0 Å². The molecule has 4 nitrogen and oxygen atoms in total. The van der Waals surface area contributed by atoms with Gasteiger partial charge in [-0.25, -0.2) is 0 Å². The molecule has 18 heavy (non-hydrogen) atoms. The smallest absolute Gasteiger partial charge is 0.0382 e. The number of rotatable bonds is 7. The lowest BCUT2D eigenvalue weighted by Crippen LogP contribution is -2.43. The van der Waals surface area contributed by atoms with Crippen molar-refractivity contribution in [2.75, 3.05) is 46.3 Å². The summed E-state index contributed by atoms with van der Waals surface area (Å²) in [7, 11) is 2.20. The molecule has 1 fully saturated rings. The standard InChI is InChI=1S/C14H26N4/c1-17(13-14-5-4-6-16-14)9-2-3-10-18-11-7-15-8-12-18/h4-6,15-16H,2-3,7-13H2,1H3. The molecule has 0 bridgehead atoms. The van der Waals surface area contributed by atoms with Crippen LogP contribution in [-0.2, 0) is 6.54 Å². The summed E-state index contributed by atoms with van der Waals surface area (Å²) in [6, 6.07) is 4.21. The van der Waals surface area contributed by atoms with Crippen LogP contribution in [-0.4, -0.2) is 61.1 Å². The minimum atomic E-state index is 1.03. The van der Waals surface area contributed by atoms with Gasteiger partial charge >= 0.3 is 0 Å². The molecule has 1 aromatic heterocycles. The Balaban J connectivity index is 1.52. The lowest BCUT2D eigenvalue weighted by Gasteiger charge is -2.27. The molecule has 0 amide bonds. The van der Waals surface area contributed by atoms with Gasteiger partial charge in [0, 0.05) is 44.6 Å². The highest BCUT2D eigenvalue weighted by Crippen LogP contribution is 2.02. The van der Waals surface area contributed by atoms with Gasteiger partial charge in [-0.05, 0) is 45.1 Å². The molecular weight excluding hydrogens is 224 g/mol. The van der Waals surface area contributed by atoms with E-state index in [0.29, 0.717) is 0 Å². The average molecular weight is 250 g/mol. The van der Waals surface area contributed by atoms with Crippen molar-refractivity contribution >= 4 is 0 Å². The Morgan fingerprint density at radius 2 is 2.11 bits per heavy atom. The van der Waals surface area contributed by atoms with Crippen molar-refractivity contribution in [3.05, 3.63) is 24.0 Å². The highest BCUT2D eigenvalue weighted by atomic mass is 15.2. The summed E-state index contributed by atoms with van der Waals surface area (Å²) in [5.74, 6) is 0. The molecule has 0 atom stereocenters. The van der Waals surface area contributed by atoms with Crippen LogP contribution in [0.25, 0.3) is 0 Å². The minimum Gasteiger partial charge on any atom is -0.364 e. The van der Waals surface area contributed by atoms with Gasteiger partial charge in [-0.15, -0.1) is 0 Å². The van der Waals surface area contributed by atoms with E-state index in [1.807, 2.05) is 6.20 Å². The van der Waals surface area contributed by atoms with Crippen LogP contribution in [0.15, 0.2) is 18.3 Å². The van der Waals surface area contributed by atoms with E-state index in [1.165, 1.54) is 44.7 Å². The Morgan fingerprint density at radius 1 is 1.28 bits per heavy atom. The summed E-state index contributed by atoms with van der Waals surface area (Å²) in [6.45, 7) is 8.24. The zero-order chi connectivity index (χ0) is 12.6. The number of unbranched alkanes of at least 4 members (excludes halogenated alkanes) is 1. The second kappa shape index (κ2) is 7.56. The molecule has 0 spiro atoms. The van der Waals surface area contributed by atoms with Gasteiger partial charge < -0.3 is 20.1 Å². The Morgan fingerprint density at radius 3 is 2.83 bits per heavy atom. The molecule has 1 saturated heterocycles. The number of piperazine rings is 1. The molecule has 2 rings (SSSR count). The average Bonchev–Trinajstić information content (AvgIpc) is 2.89. The molecule has 2 heterocycles. The molecule has 0 aromatic carbocycles. The van der Waals surface area contributed by atoms with Gasteiger partial charge in [0.05, 0.1) is 0 Å². The molecule has 0 radical (unpaired) electrons. The fourth-order valence-corrected chi connectivity index (χ4v) is 2.49. The van der Waals surface area contributed by atoms with Gasteiger partial charge in [0.15, 0.2) is 0 Å². The third-order valence-electron chi connectivity index (χ3n) is 3.58. The van der Waals surface area contributed by atoms with E-state index in [9.17, 15) is 0 Å². The monoisotopic (exact) mass is 250 g/mol. The quantitative estimate of drug-likeness (QED) is 0.712. The number of H-pyrrole nitrogens is 1. The summed E-state index contributed by atoms with van der Waals surface area (Å²) in [4.78, 5) is 8.22. The zero-order valence-electron chi connectivity index (χ0n) is 11.5. The number of nitrogens with zero attached hydrogens (tertiary/aromatic N) is 2. The Kier molecular flexibility index (Phi) is 5.71. The third-order valence-corrected chi connectivity index (χ3v) is 3.58. The molecule has 0 unspecified atom stereocenters. The fraction of sp³-hybridized carbons (Fsp3) is 0.714. The largest absolute Gasteiger partial charge is 0.364 e. The number of nitrogens with one attached hydrogen (secondary N) is 2. The molecule has 102 valence electrons. The summed E-state index contributed by atoms with van der Waals surface area (Å²) in [5, 5.41) is 3.39. The zero-order valence-corrected chi connectivity index (χ0v) is 11.5. The molecule has 1 aliphatic rings. The van der Waals surface area contributed by atoms with Gasteiger partial charge in [-0.1, -0.05) is 0 Å². The molecule has 0 aliphatic carbocycles. The Bertz CT molecular complexity index is 304. The third kappa shape index (κ3) is 4.80. The fourth-order valence-electron chi connectivity index (χ4n) is 2.49. The highest BCUT2D eigenvalue weighted by molar-refractivity contribution is 5.02. The normalized spacial score (nSPS) is 17.4. The van der Waals surface area contributed by atoms with E-state index in [1.54, 1.807) is 0 Å². The van der Waals surface area contributed by atoms with E-state index in [2.05, 4.69) is 39.3 Å². The van der Waals surface area contributed by atoms with Crippen molar-refractivity contribution in [3.63, 3.8) is 0 Å². The van der Waals surface area contributed by atoms with Crippen molar-refractivity contribution < 1.29 is 0 Å². The lowest BCUT2D eigenvalue weighted by atomic mass is 10.2.